The Morgan fingerprint density at radius 2 is 1.43 bits per heavy atom. The fourth-order valence-corrected chi connectivity index (χ4v) is 3.07. The average molecular weight is 277 g/mol. The van der Waals surface area contributed by atoms with Gasteiger partial charge in [0.25, 0.3) is 0 Å². The summed E-state index contributed by atoms with van der Waals surface area (Å²) in [4.78, 5) is 0. The van der Waals surface area contributed by atoms with E-state index in [1.165, 1.54) is 48.8 Å². The third-order valence-corrected chi connectivity index (χ3v) is 4.32. The van der Waals surface area contributed by atoms with Crippen molar-refractivity contribution in [2.75, 3.05) is 0 Å². The highest BCUT2D eigenvalue weighted by atomic mass is 14.9. The first-order valence-electron chi connectivity index (χ1n) is 7.94. The molecule has 21 heavy (non-hydrogen) atoms. The summed E-state index contributed by atoms with van der Waals surface area (Å²) in [6.07, 6.45) is 6.63. The molecule has 3 rings (SSSR count). The van der Waals surface area contributed by atoms with Gasteiger partial charge in [0.2, 0.25) is 0 Å². The molecule has 1 N–H and O–H groups in total. The van der Waals surface area contributed by atoms with Gasteiger partial charge in [-0.15, -0.1) is 0 Å². The van der Waals surface area contributed by atoms with Crippen molar-refractivity contribution in [1.82, 2.24) is 5.32 Å². The summed E-state index contributed by atoms with van der Waals surface area (Å²) < 4.78 is 0. The van der Waals surface area contributed by atoms with Crippen molar-refractivity contribution >= 4 is 5.70 Å². The molecule has 0 heterocycles. The van der Waals surface area contributed by atoms with E-state index in [1.54, 1.807) is 0 Å². The van der Waals surface area contributed by atoms with Gasteiger partial charge in [-0.1, -0.05) is 80.4 Å². The Labute approximate surface area is 127 Å². The van der Waals surface area contributed by atoms with Gasteiger partial charge in [-0.3, -0.25) is 0 Å². The van der Waals surface area contributed by atoms with Gasteiger partial charge < -0.3 is 5.32 Å². The Hall–Kier alpha value is -2.02. The molecule has 0 unspecified atom stereocenters. The topological polar surface area (TPSA) is 12.0 Å². The van der Waals surface area contributed by atoms with Crippen LogP contribution in [0.1, 0.15) is 37.7 Å². The van der Waals surface area contributed by atoms with Crippen molar-refractivity contribution in [2.45, 2.75) is 38.1 Å². The molecule has 1 fully saturated rings. The highest BCUT2D eigenvalue weighted by molar-refractivity contribution is 5.68. The molecule has 1 aliphatic carbocycles. The number of hydrogen-bond donors (Lipinski definition) is 1. The lowest BCUT2D eigenvalue weighted by molar-refractivity contribution is 0.409. The summed E-state index contributed by atoms with van der Waals surface area (Å²) in [6.45, 7) is 4.21. The highest BCUT2D eigenvalue weighted by Gasteiger charge is 2.13. The van der Waals surface area contributed by atoms with Crippen LogP contribution in [0.4, 0.5) is 0 Å². The zero-order valence-electron chi connectivity index (χ0n) is 12.5. The SMILES string of the molecule is C=C(NC1CCCCC1)c1ccc(-c2ccccc2)cc1. The summed E-state index contributed by atoms with van der Waals surface area (Å²) in [6, 6.07) is 19.8. The lowest BCUT2D eigenvalue weighted by Crippen LogP contribution is -2.29. The van der Waals surface area contributed by atoms with Crippen LogP contribution < -0.4 is 5.32 Å². The monoisotopic (exact) mass is 277 g/mol. The summed E-state index contributed by atoms with van der Waals surface area (Å²) in [5.74, 6) is 0. The van der Waals surface area contributed by atoms with Crippen molar-refractivity contribution in [3.8, 4) is 11.1 Å². The van der Waals surface area contributed by atoms with Crippen LogP contribution in [0.15, 0.2) is 61.2 Å². The molecule has 2 aromatic rings. The summed E-state index contributed by atoms with van der Waals surface area (Å²) in [5.41, 5.74) is 4.77. The molecule has 1 heteroatoms. The fraction of sp³-hybridized carbons (Fsp3) is 0.300. The molecule has 0 atom stereocenters. The van der Waals surface area contributed by atoms with Crippen LogP contribution in [0.2, 0.25) is 0 Å². The van der Waals surface area contributed by atoms with Gasteiger partial charge in [0.1, 0.15) is 0 Å². The van der Waals surface area contributed by atoms with Gasteiger partial charge in [-0.25, -0.2) is 0 Å². The van der Waals surface area contributed by atoms with Crippen LogP contribution in [0, 0.1) is 0 Å². The Balaban J connectivity index is 1.67. The predicted molar refractivity (Wildman–Crippen MR) is 90.9 cm³/mol. The van der Waals surface area contributed by atoms with Crippen LogP contribution in [-0.4, -0.2) is 6.04 Å². The molecular weight excluding hydrogens is 254 g/mol. The largest absolute Gasteiger partial charge is 0.382 e. The molecule has 1 aliphatic rings. The normalized spacial score (nSPS) is 15.6. The van der Waals surface area contributed by atoms with Gasteiger partial charge in [0.05, 0.1) is 0 Å². The van der Waals surface area contributed by atoms with E-state index >= 15 is 0 Å². The summed E-state index contributed by atoms with van der Waals surface area (Å²) in [5, 5.41) is 3.60. The Bertz CT molecular complexity index is 577. The van der Waals surface area contributed by atoms with Crippen molar-refractivity contribution in [3.05, 3.63) is 66.7 Å². The van der Waals surface area contributed by atoms with Crippen molar-refractivity contribution < 1.29 is 0 Å². The van der Waals surface area contributed by atoms with E-state index in [0.29, 0.717) is 6.04 Å². The Kier molecular flexibility index (Phi) is 4.40. The van der Waals surface area contributed by atoms with Gasteiger partial charge >= 0.3 is 0 Å². The first kappa shape index (κ1) is 13.9. The molecular formula is C20H23N. The van der Waals surface area contributed by atoms with Gasteiger partial charge in [-0.05, 0) is 29.5 Å². The minimum atomic E-state index is 0.611. The van der Waals surface area contributed by atoms with E-state index in [0.717, 1.165) is 5.70 Å². The fourth-order valence-electron chi connectivity index (χ4n) is 3.07. The van der Waals surface area contributed by atoms with E-state index in [4.69, 9.17) is 0 Å². The molecule has 0 spiro atoms. The number of benzene rings is 2. The lowest BCUT2D eigenvalue weighted by Gasteiger charge is -2.25. The van der Waals surface area contributed by atoms with Gasteiger partial charge in [0, 0.05) is 11.7 Å². The van der Waals surface area contributed by atoms with Gasteiger partial charge in [-0.2, -0.15) is 0 Å². The van der Waals surface area contributed by atoms with Crippen LogP contribution >= 0.6 is 0 Å². The van der Waals surface area contributed by atoms with Crippen molar-refractivity contribution in [3.63, 3.8) is 0 Å². The van der Waals surface area contributed by atoms with Crippen molar-refractivity contribution in [1.29, 1.82) is 0 Å². The number of hydrogen-bond acceptors (Lipinski definition) is 1. The van der Waals surface area contributed by atoms with E-state index in [-0.39, 0.29) is 0 Å². The number of rotatable bonds is 4. The second-order valence-corrected chi connectivity index (χ2v) is 5.90. The third-order valence-electron chi connectivity index (χ3n) is 4.32. The Morgan fingerprint density at radius 3 is 2.10 bits per heavy atom. The molecule has 0 aromatic heterocycles. The van der Waals surface area contributed by atoms with Gasteiger partial charge in [0.15, 0.2) is 0 Å². The molecule has 108 valence electrons. The number of nitrogens with one attached hydrogen (secondary N) is 1. The van der Waals surface area contributed by atoms with Crippen molar-refractivity contribution in [2.24, 2.45) is 0 Å². The second kappa shape index (κ2) is 6.62. The van der Waals surface area contributed by atoms with Crippen LogP contribution in [0.3, 0.4) is 0 Å². The molecule has 0 radical (unpaired) electrons. The maximum atomic E-state index is 4.21. The van der Waals surface area contributed by atoms with Crippen LogP contribution in [0.5, 0.6) is 0 Å². The average Bonchev–Trinajstić information content (AvgIpc) is 2.57. The highest BCUT2D eigenvalue weighted by Crippen LogP contribution is 2.23. The van der Waals surface area contributed by atoms with E-state index < -0.39 is 0 Å². The molecule has 2 aromatic carbocycles. The summed E-state index contributed by atoms with van der Waals surface area (Å²) in [7, 11) is 0. The van der Waals surface area contributed by atoms with E-state index in [9.17, 15) is 0 Å². The molecule has 0 saturated heterocycles. The molecule has 0 aliphatic heterocycles. The van der Waals surface area contributed by atoms with Crippen LogP contribution in [-0.2, 0) is 0 Å². The standard InChI is InChI=1S/C20H23N/c1-16(21-20-10-6-3-7-11-20)17-12-14-19(15-13-17)18-8-4-2-5-9-18/h2,4-5,8-9,12-15,20-21H,1,3,6-7,10-11H2. The zero-order valence-corrected chi connectivity index (χ0v) is 12.5. The molecule has 1 saturated carbocycles. The second-order valence-electron chi connectivity index (χ2n) is 5.90. The summed E-state index contributed by atoms with van der Waals surface area (Å²) >= 11 is 0. The first-order valence-corrected chi connectivity index (χ1v) is 7.94. The Morgan fingerprint density at radius 1 is 0.810 bits per heavy atom. The molecule has 0 bridgehead atoms. The maximum Gasteiger partial charge on any atom is 0.0342 e. The van der Waals surface area contributed by atoms with E-state index in [2.05, 4.69) is 60.4 Å². The minimum Gasteiger partial charge on any atom is -0.382 e. The predicted octanol–water partition coefficient (Wildman–Crippen LogP) is 5.25. The molecule has 0 amide bonds. The lowest BCUT2D eigenvalue weighted by atomic mass is 9.95. The first-order chi connectivity index (χ1) is 10.3. The maximum absolute atomic E-state index is 4.21. The van der Waals surface area contributed by atoms with Crippen LogP contribution in [0.25, 0.3) is 16.8 Å². The minimum absolute atomic E-state index is 0.611. The smallest absolute Gasteiger partial charge is 0.0342 e. The van der Waals surface area contributed by atoms with E-state index in [1.807, 2.05) is 6.07 Å². The zero-order chi connectivity index (χ0) is 14.5. The molecule has 1 nitrogen and oxygen atoms in total. The third kappa shape index (κ3) is 3.55. The quantitative estimate of drug-likeness (QED) is 0.805.